The molecule has 0 aromatic carbocycles. The van der Waals surface area contributed by atoms with E-state index in [1.807, 2.05) is 47.6 Å². The number of rotatable bonds is 8. The molecule has 330 valence electrons. The summed E-state index contributed by atoms with van der Waals surface area (Å²) in [6.45, 7) is 23.2. The smallest absolute Gasteiger partial charge is 0.334 e. The Morgan fingerprint density at radius 1 is 0.828 bits per heavy atom. The van der Waals surface area contributed by atoms with Gasteiger partial charge in [0.15, 0.2) is 6.10 Å². The molecule has 1 aliphatic rings. The number of hydrogen-bond donors (Lipinski definition) is 2. The van der Waals surface area contributed by atoms with Crippen molar-refractivity contribution < 1.29 is 43.0 Å². The first-order chi connectivity index (χ1) is 26.9. The number of cyclic esters (lactones) is 2. The lowest BCUT2D eigenvalue weighted by atomic mass is 9.92. The third-order valence-corrected chi connectivity index (χ3v) is 11.1. The van der Waals surface area contributed by atoms with Crippen LogP contribution in [0.2, 0.25) is 0 Å². The van der Waals surface area contributed by atoms with Gasteiger partial charge in [0.1, 0.15) is 30.3 Å². The van der Waals surface area contributed by atoms with E-state index in [0.717, 1.165) is 5.57 Å². The van der Waals surface area contributed by atoms with Crippen LogP contribution in [-0.2, 0) is 43.0 Å². The zero-order valence-corrected chi connectivity index (χ0v) is 38.3. The van der Waals surface area contributed by atoms with Gasteiger partial charge in [0.05, 0.1) is 6.54 Å². The number of carbonyl (C=O) groups is 7. The lowest BCUT2D eigenvalue weighted by molar-refractivity contribution is -0.159. The summed E-state index contributed by atoms with van der Waals surface area (Å²) in [7, 11) is 4.44. The number of likely N-dealkylation sites (N-methyl/N-ethyl adjacent to an activating group) is 3. The molecule has 14 nitrogen and oxygen atoms in total. The highest BCUT2D eigenvalue weighted by molar-refractivity contribution is 5.96. The number of nitrogens with one attached hydrogen (secondary N) is 2. The Balaban J connectivity index is 3.81. The standard InChI is InChI=1S/C44H75N5O9/c1-17-20-29(10)37-30(11)21-19-22-31(12)43(55)58-38(28(9)18-2)39(51)46-36(27(7)8)42(54)49(16)33(23-25(3)4)40(52)47(14)24-34(50)45-35(26(5)6)41(53)48(15)32(13)44(56)57-37/h20,22,25-28,30,32-33,35-38H,17-19,21,23-24H2,1-16H3,(H,45,50)(H,46,51)/b29-20+,31-22+/t28-,30+,32-,33+,35?,36-,37?,38+/m0/s1. The minimum Gasteiger partial charge on any atom is -0.456 e. The van der Waals surface area contributed by atoms with Gasteiger partial charge < -0.3 is 34.8 Å². The van der Waals surface area contributed by atoms with Gasteiger partial charge in [0.25, 0.3) is 5.91 Å². The van der Waals surface area contributed by atoms with Crippen LogP contribution in [0.4, 0.5) is 0 Å². The topological polar surface area (TPSA) is 172 Å². The van der Waals surface area contributed by atoms with E-state index in [2.05, 4.69) is 10.6 Å². The van der Waals surface area contributed by atoms with Crippen molar-refractivity contribution in [1.29, 1.82) is 0 Å². The third kappa shape index (κ3) is 14.9. The van der Waals surface area contributed by atoms with Gasteiger partial charge in [0.2, 0.25) is 23.6 Å². The average Bonchev–Trinajstić information content (AvgIpc) is 3.15. The van der Waals surface area contributed by atoms with E-state index in [-0.39, 0.29) is 30.1 Å². The molecule has 14 heteroatoms. The molecule has 5 amide bonds. The third-order valence-electron chi connectivity index (χ3n) is 11.1. The second kappa shape index (κ2) is 24.0. The number of ether oxygens (including phenoxy) is 2. The van der Waals surface area contributed by atoms with Crippen LogP contribution in [0.1, 0.15) is 122 Å². The van der Waals surface area contributed by atoms with Crippen molar-refractivity contribution in [2.75, 3.05) is 27.7 Å². The fraction of sp³-hybridized carbons (Fsp3) is 0.750. The van der Waals surface area contributed by atoms with Gasteiger partial charge in [-0.25, -0.2) is 9.59 Å². The van der Waals surface area contributed by atoms with Crippen molar-refractivity contribution in [1.82, 2.24) is 25.3 Å². The summed E-state index contributed by atoms with van der Waals surface area (Å²) in [6.07, 6.45) is 4.40. The first kappa shape index (κ1) is 51.8. The zero-order chi connectivity index (χ0) is 44.8. The predicted molar refractivity (Wildman–Crippen MR) is 225 cm³/mol. The Bertz CT molecular complexity index is 1510. The van der Waals surface area contributed by atoms with E-state index < -0.39 is 90.3 Å². The molecule has 0 aliphatic carbocycles. The molecule has 0 bridgehead atoms. The molecule has 0 saturated carbocycles. The molecular formula is C44H75N5O9. The lowest BCUT2D eigenvalue weighted by Crippen LogP contribution is -2.59. The number of carbonyl (C=O) groups excluding carboxylic acids is 7. The van der Waals surface area contributed by atoms with Crippen molar-refractivity contribution in [3.63, 3.8) is 0 Å². The summed E-state index contributed by atoms with van der Waals surface area (Å²) < 4.78 is 11.9. The van der Waals surface area contributed by atoms with Crippen LogP contribution >= 0.6 is 0 Å². The molecule has 0 aromatic heterocycles. The van der Waals surface area contributed by atoms with Crippen molar-refractivity contribution >= 4 is 41.5 Å². The van der Waals surface area contributed by atoms with E-state index in [1.54, 1.807) is 54.5 Å². The summed E-state index contributed by atoms with van der Waals surface area (Å²) in [5, 5.41) is 5.60. The van der Waals surface area contributed by atoms with Crippen molar-refractivity contribution in [2.24, 2.45) is 29.6 Å². The van der Waals surface area contributed by atoms with E-state index >= 15 is 0 Å². The minimum absolute atomic E-state index is 0.0263. The van der Waals surface area contributed by atoms with Gasteiger partial charge in [-0.1, -0.05) is 81.4 Å². The van der Waals surface area contributed by atoms with Gasteiger partial charge in [-0.05, 0) is 82.1 Å². The fourth-order valence-electron chi connectivity index (χ4n) is 6.81. The Morgan fingerprint density at radius 3 is 1.90 bits per heavy atom. The van der Waals surface area contributed by atoms with E-state index in [4.69, 9.17) is 9.47 Å². The molecule has 0 radical (unpaired) electrons. The molecule has 0 spiro atoms. The van der Waals surface area contributed by atoms with Crippen molar-refractivity contribution in [3.05, 3.63) is 23.3 Å². The Labute approximate surface area is 348 Å². The van der Waals surface area contributed by atoms with Crippen molar-refractivity contribution in [2.45, 2.75) is 158 Å². The molecule has 2 N–H and O–H groups in total. The van der Waals surface area contributed by atoms with E-state index in [1.165, 1.54) is 35.8 Å². The quantitative estimate of drug-likeness (QED) is 0.251. The summed E-state index contributed by atoms with van der Waals surface area (Å²) in [5.74, 6) is -5.36. The number of allylic oxidation sites excluding steroid dienone is 2. The second-order valence-electron chi connectivity index (χ2n) is 17.3. The summed E-state index contributed by atoms with van der Waals surface area (Å²) in [6, 6.07) is -4.05. The van der Waals surface area contributed by atoms with Crippen molar-refractivity contribution in [3.8, 4) is 0 Å². The molecule has 0 aromatic rings. The number of hydrogen-bond acceptors (Lipinski definition) is 9. The average molecular weight is 818 g/mol. The van der Waals surface area contributed by atoms with Crippen LogP contribution in [0, 0.1) is 29.6 Å². The Morgan fingerprint density at radius 2 is 1.38 bits per heavy atom. The normalized spacial score (nSPS) is 28.3. The molecule has 2 unspecified atom stereocenters. The molecular weight excluding hydrogens is 743 g/mol. The maximum absolute atomic E-state index is 14.2. The van der Waals surface area contributed by atoms with Crippen LogP contribution in [0.15, 0.2) is 23.3 Å². The lowest BCUT2D eigenvalue weighted by Gasteiger charge is -2.36. The van der Waals surface area contributed by atoms with Gasteiger partial charge in [0, 0.05) is 32.6 Å². The van der Waals surface area contributed by atoms with Gasteiger partial charge in [-0.3, -0.25) is 24.0 Å². The summed E-state index contributed by atoms with van der Waals surface area (Å²) in [4.78, 5) is 100. The highest BCUT2D eigenvalue weighted by Gasteiger charge is 2.39. The highest BCUT2D eigenvalue weighted by atomic mass is 16.6. The predicted octanol–water partition coefficient (Wildman–Crippen LogP) is 5.05. The maximum atomic E-state index is 14.2. The second-order valence-corrected chi connectivity index (χ2v) is 17.3. The van der Waals surface area contributed by atoms with E-state index in [9.17, 15) is 33.6 Å². The molecule has 0 fully saturated rings. The minimum atomic E-state index is -1.19. The monoisotopic (exact) mass is 818 g/mol. The molecule has 58 heavy (non-hydrogen) atoms. The fourth-order valence-corrected chi connectivity index (χ4v) is 6.81. The zero-order valence-electron chi connectivity index (χ0n) is 38.3. The molecule has 1 rings (SSSR count). The van der Waals surface area contributed by atoms with Gasteiger partial charge >= 0.3 is 11.9 Å². The molecule has 8 atom stereocenters. The van der Waals surface area contributed by atoms with Crippen LogP contribution in [-0.4, -0.2) is 120 Å². The van der Waals surface area contributed by atoms with E-state index in [0.29, 0.717) is 31.3 Å². The maximum Gasteiger partial charge on any atom is 0.334 e. The van der Waals surface area contributed by atoms with Gasteiger partial charge in [-0.2, -0.15) is 0 Å². The number of nitrogens with zero attached hydrogens (tertiary/aromatic N) is 3. The number of amides is 5. The summed E-state index contributed by atoms with van der Waals surface area (Å²) in [5.41, 5.74) is 1.16. The largest absolute Gasteiger partial charge is 0.456 e. The summed E-state index contributed by atoms with van der Waals surface area (Å²) >= 11 is 0. The van der Waals surface area contributed by atoms with Crippen LogP contribution in [0.3, 0.4) is 0 Å². The Hall–Kier alpha value is -4.23. The van der Waals surface area contributed by atoms with Crippen LogP contribution in [0.5, 0.6) is 0 Å². The molecule has 0 saturated heterocycles. The Kier molecular flexibility index (Phi) is 21.4. The van der Waals surface area contributed by atoms with Crippen LogP contribution in [0.25, 0.3) is 0 Å². The first-order valence-corrected chi connectivity index (χ1v) is 21.0. The SMILES string of the molecule is CC/C=C(\C)C1OC(=O)[C@H](C)N(C)C(=O)C(C(C)C)NC(=O)CN(C)C(=O)[C@@H](CC(C)C)N(C)C(=O)[C@H](C(C)C)NC(=O)[C@@H]([C@@H](C)CC)OC(=O)/C(C)=C/CC[C@H]1C. The number of esters is 2. The van der Waals surface area contributed by atoms with Crippen LogP contribution < -0.4 is 10.6 Å². The molecule has 1 heterocycles. The first-order valence-electron chi connectivity index (χ1n) is 21.0. The molecule has 1 aliphatic heterocycles. The van der Waals surface area contributed by atoms with Gasteiger partial charge in [-0.15, -0.1) is 0 Å². The highest BCUT2D eigenvalue weighted by Crippen LogP contribution is 2.25.